The third-order valence-corrected chi connectivity index (χ3v) is 2.65. The van der Waals surface area contributed by atoms with Gasteiger partial charge in [0, 0.05) is 10.0 Å². The van der Waals surface area contributed by atoms with E-state index in [1.807, 2.05) is 36.4 Å². The topological polar surface area (TPSA) is 73.4 Å². The maximum Gasteiger partial charge on any atom is 0.177 e. The van der Waals surface area contributed by atoms with Crippen LogP contribution in [0.1, 0.15) is 11.4 Å². The third kappa shape index (κ3) is 2.30. The second kappa shape index (κ2) is 4.73. The van der Waals surface area contributed by atoms with Crippen LogP contribution in [0.5, 0.6) is 0 Å². The van der Waals surface area contributed by atoms with Gasteiger partial charge < -0.3 is 0 Å². The maximum absolute atomic E-state index is 8.85. The fourth-order valence-corrected chi connectivity index (χ4v) is 1.57. The standard InChI is InChI=1S/C12H5BrN4/c13-9-3-1-8(2-4-9)12-7-16-10(5-14)11(6-15)17-12/h1-4,7H. The van der Waals surface area contributed by atoms with Crippen LogP contribution in [0.25, 0.3) is 11.3 Å². The highest BCUT2D eigenvalue weighted by molar-refractivity contribution is 9.10. The van der Waals surface area contributed by atoms with Crippen LogP contribution in [-0.2, 0) is 0 Å². The summed E-state index contributed by atoms with van der Waals surface area (Å²) in [7, 11) is 0. The molecule has 17 heavy (non-hydrogen) atoms. The number of nitriles is 2. The SMILES string of the molecule is N#Cc1ncc(-c2ccc(Br)cc2)nc1C#N. The molecule has 0 bridgehead atoms. The van der Waals surface area contributed by atoms with E-state index in [1.165, 1.54) is 6.20 Å². The quantitative estimate of drug-likeness (QED) is 0.807. The summed E-state index contributed by atoms with van der Waals surface area (Å²) in [5.41, 5.74) is 1.52. The fourth-order valence-electron chi connectivity index (χ4n) is 1.31. The molecule has 0 radical (unpaired) electrons. The lowest BCUT2D eigenvalue weighted by molar-refractivity contribution is 1.13. The molecule has 2 rings (SSSR count). The Bertz CT molecular complexity index is 635. The zero-order valence-electron chi connectivity index (χ0n) is 8.55. The van der Waals surface area contributed by atoms with E-state index in [0.29, 0.717) is 5.69 Å². The Morgan fingerprint density at radius 3 is 2.24 bits per heavy atom. The molecule has 4 nitrogen and oxygen atoms in total. The van der Waals surface area contributed by atoms with Gasteiger partial charge in [0.15, 0.2) is 11.4 Å². The summed E-state index contributed by atoms with van der Waals surface area (Å²) in [5.74, 6) is 0. The Morgan fingerprint density at radius 1 is 1.00 bits per heavy atom. The van der Waals surface area contributed by atoms with Gasteiger partial charge in [-0.2, -0.15) is 10.5 Å². The predicted molar refractivity (Wildman–Crippen MR) is 64.6 cm³/mol. The maximum atomic E-state index is 8.85. The first-order chi connectivity index (χ1) is 8.24. The molecule has 0 fully saturated rings. The zero-order valence-corrected chi connectivity index (χ0v) is 10.1. The lowest BCUT2D eigenvalue weighted by Crippen LogP contribution is -1.95. The predicted octanol–water partition coefficient (Wildman–Crippen LogP) is 2.65. The molecule has 0 N–H and O–H groups in total. The first-order valence-electron chi connectivity index (χ1n) is 4.68. The summed E-state index contributed by atoms with van der Waals surface area (Å²) in [6, 6.07) is 11.2. The van der Waals surface area contributed by atoms with Crippen LogP contribution in [0, 0.1) is 22.7 Å². The monoisotopic (exact) mass is 284 g/mol. The molecular formula is C12H5BrN4. The van der Waals surface area contributed by atoms with Crippen molar-refractivity contribution in [2.24, 2.45) is 0 Å². The van der Waals surface area contributed by atoms with Crippen LogP contribution in [0.3, 0.4) is 0 Å². The fraction of sp³-hybridized carbons (Fsp3) is 0. The molecule has 0 saturated carbocycles. The lowest BCUT2D eigenvalue weighted by Gasteiger charge is -2.01. The van der Waals surface area contributed by atoms with Gasteiger partial charge in [0.2, 0.25) is 0 Å². The molecule has 0 unspecified atom stereocenters. The molecule has 80 valence electrons. The van der Waals surface area contributed by atoms with Crippen LogP contribution < -0.4 is 0 Å². The van der Waals surface area contributed by atoms with Crippen molar-refractivity contribution in [3.05, 3.63) is 46.3 Å². The van der Waals surface area contributed by atoms with E-state index in [1.54, 1.807) is 0 Å². The van der Waals surface area contributed by atoms with E-state index in [9.17, 15) is 0 Å². The van der Waals surface area contributed by atoms with Gasteiger partial charge >= 0.3 is 0 Å². The molecule has 0 saturated heterocycles. The highest BCUT2D eigenvalue weighted by Gasteiger charge is 2.07. The summed E-state index contributed by atoms with van der Waals surface area (Å²) in [6.07, 6.45) is 1.49. The van der Waals surface area contributed by atoms with Gasteiger partial charge in [-0.1, -0.05) is 28.1 Å². The second-order valence-electron chi connectivity index (χ2n) is 3.18. The van der Waals surface area contributed by atoms with Crippen LogP contribution in [0.2, 0.25) is 0 Å². The van der Waals surface area contributed by atoms with Gasteiger partial charge in [-0.3, -0.25) is 0 Å². The van der Waals surface area contributed by atoms with E-state index in [4.69, 9.17) is 10.5 Å². The smallest absolute Gasteiger partial charge is 0.177 e. The molecular weight excluding hydrogens is 280 g/mol. The van der Waals surface area contributed by atoms with Crippen molar-refractivity contribution in [2.75, 3.05) is 0 Å². The molecule has 0 aliphatic rings. The molecule has 1 aromatic heterocycles. The number of rotatable bonds is 1. The largest absolute Gasteiger partial charge is 0.240 e. The van der Waals surface area contributed by atoms with Crippen LogP contribution >= 0.6 is 15.9 Å². The van der Waals surface area contributed by atoms with Crippen molar-refractivity contribution in [2.45, 2.75) is 0 Å². The number of nitrogens with zero attached hydrogens (tertiary/aromatic N) is 4. The van der Waals surface area contributed by atoms with Crippen molar-refractivity contribution in [1.29, 1.82) is 10.5 Å². The summed E-state index contributed by atoms with van der Waals surface area (Å²) in [6.45, 7) is 0. The van der Waals surface area contributed by atoms with Crippen LogP contribution in [0.15, 0.2) is 34.9 Å². The molecule has 2 aromatic rings. The van der Waals surface area contributed by atoms with E-state index in [2.05, 4.69) is 25.9 Å². The van der Waals surface area contributed by atoms with E-state index in [-0.39, 0.29) is 11.4 Å². The van der Waals surface area contributed by atoms with Crippen molar-refractivity contribution in [3.63, 3.8) is 0 Å². The highest BCUT2D eigenvalue weighted by Crippen LogP contribution is 2.19. The second-order valence-corrected chi connectivity index (χ2v) is 4.10. The molecule has 0 amide bonds. The summed E-state index contributed by atoms with van der Waals surface area (Å²) < 4.78 is 0.961. The lowest BCUT2D eigenvalue weighted by atomic mass is 10.1. The molecule has 5 heteroatoms. The first-order valence-corrected chi connectivity index (χ1v) is 5.47. The van der Waals surface area contributed by atoms with E-state index < -0.39 is 0 Å². The number of benzene rings is 1. The van der Waals surface area contributed by atoms with Gasteiger partial charge in [0.05, 0.1) is 11.9 Å². The molecule has 0 aliphatic heterocycles. The van der Waals surface area contributed by atoms with Crippen molar-refractivity contribution < 1.29 is 0 Å². The third-order valence-electron chi connectivity index (χ3n) is 2.12. The summed E-state index contributed by atoms with van der Waals surface area (Å²) in [4.78, 5) is 8.01. The van der Waals surface area contributed by atoms with E-state index in [0.717, 1.165) is 10.0 Å². The minimum atomic E-state index is 0.0490. The number of halogens is 1. The van der Waals surface area contributed by atoms with Crippen LogP contribution in [0.4, 0.5) is 0 Å². The molecule has 0 aliphatic carbocycles. The first kappa shape index (κ1) is 11.3. The van der Waals surface area contributed by atoms with Crippen molar-refractivity contribution in [1.82, 2.24) is 9.97 Å². The van der Waals surface area contributed by atoms with Crippen molar-refractivity contribution in [3.8, 4) is 23.4 Å². The minimum Gasteiger partial charge on any atom is -0.240 e. The molecule has 0 spiro atoms. The Labute approximate surface area is 106 Å². The summed E-state index contributed by atoms with van der Waals surface area (Å²) >= 11 is 3.34. The van der Waals surface area contributed by atoms with Gasteiger partial charge in [-0.25, -0.2) is 9.97 Å². The molecule has 0 atom stereocenters. The Hall–Kier alpha value is -2.24. The minimum absolute atomic E-state index is 0.0490. The Morgan fingerprint density at radius 2 is 1.65 bits per heavy atom. The Kier molecular flexibility index (Phi) is 3.13. The van der Waals surface area contributed by atoms with Gasteiger partial charge in [0.1, 0.15) is 12.1 Å². The average molecular weight is 285 g/mol. The average Bonchev–Trinajstić information content (AvgIpc) is 2.39. The van der Waals surface area contributed by atoms with Gasteiger partial charge in [-0.05, 0) is 12.1 Å². The van der Waals surface area contributed by atoms with Crippen molar-refractivity contribution >= 4 is 15.9 Å². The Balaban J connectivity index is 2.52. The van der Waals surface area contributed by atoms with Gasteiger partial charge in [-0.15, -0.1) is 0 Å². The number of aromatic nitrogens is 2. The number of hydrogen-bond donors (Lipinski definition) is 0. The van der Waals surface area contributed by atoms with E-state index >= 15 is 0 Å². The normalized spacial score (nSPS) is 9.35. The summed E-state index contributed by atoms with van der Waals surface area (Å²) in [5, 5.41) is 17.6. The molecule has 1 aromatic carbocycles. The van der Waals surface area contributed by atoms with Gasteiger partial charge in [0.25, 0.3) is 0 Å². The zero-order chi connectivity index (χ0) is 12.3. The van der Waals surface area contributed by atoms with Crippen LogP contribution in [-0.4, -0.2) is 9.97 Å². The molecule has 1 heterocycles. The number of hydrogen-bond acceptors (Lipinski definition) is 4. The highest BCUT2D eigenvalue weighted by atomic mass is 79.9.